The van der Waals surface area contributed by atoms with Crippen molar-refractivity contribution in [3.05, 3.63) is 0 Å². The molecule has 78 valence electrons. The third kappa shape index (κ3) is 4.88. The lowest BCUT2D eigenvalue weighted by molar-refractivity contribution is -0.139. The van der Waals surface area contributed by atoms with Crippen LogP contribution in [-0.2, 0) is 9.53 Å². The molecule has 0 aromatic rings. The summed E-state index contributed by atoms with van der Waals surface area (Å²) in [6, 6.07) is 0. The van der Waals surface area contributed by atoms with E-state index in [0.29, 0.717) is 12.5 Å². The average molecular weight is 187 g/mol. The van der Waals surface area contributed by atoms with Crippen molar-refractivity contribution in [1.82, 2.24) is 5.32 Å². The standard InChI is InChI=1S/C10H21NO2/c1-8(2)10(3,4)7-11-6-9(12)13-5/h8,11H,6-7H2,1-5H3. The van der Waals surface area contributed by atoms with Gasteiger partial charge in [0.1, 0.15) is 0 Å². The second-order valence-corrected chi connectivity index (χ2v) is 4.32. The zero-order valence-electron chi connectivity index (χ0n) is 9.31. The summed E-state index contributed by atoms with van der Waals surface area (Å²) in [4.78, 5) is 10.8. The highest BCUT2D eigenvalue weighted by atomic mass is 16.5. The number of hydrogen-bond acceptors (Lipinski definition) is 3. The van der Waals surface area contributed by atoms with Gasteiger partial charge < -0.3 is 10.1 Å². The smallest absolute Gasteiger partial charge is 0.319 e. The molecule has 0 aromatic carbocycles. The molecule has 0 aliphatic rings. The molecule has 0 bridgehead atoms. The van der Waals surface area contributed by atoms with Crippen molar-refractivity contribution in [1.29, 1.82) is 0 Å². The van der Waals surface area contributed by atoms with E-state index in [1.54, 1.807) is 0 Å². The molecule has 0 rings (SSSR count). The lowest BCUT2D eigenvalue weighted by Crippen LogP contribution is -2.36. The Labute approximate surface area is 80.8 Å². The van der Waals surface area contributed by atoms with E-state index >= 15 is 0 Å². The minimum Gasteiger partial charge on any atom is -0.468 e. The molecular formula is C10H21NO2. The van der Waals surface area contributed by atoms with Crippen LogP contribution in [0.15, 0.2) is 0 Å². The predicted octanol–water partition coefficient (Wildman–Crippen LogP) is 1.43. The number of methoxy groups -OCH3 is 1. The monoisotopic (exact) mass is 187 g/mol. The lowest BCUT2D eigenvalue weighted by Gasteiger charge is -2.29. The van der Waals surface area contributed by atoms with Crippen molar-refractivity contribution in [2.75, 3.05) is 20.2 Å². The number of carbonyl (C=O) groups is 1. The zero-order valence-corrected chi connectivity index (χ0v) is 9.31. The Morgan fingerprint density at radius 2 is 2.00 bits per heavy atom. The summed E-state index contributed by atoms with van der Waals surface area (Å²) in [6.07, 6.45) is 0. The summed E-state index contributed by atoms with van der Waals surface area (Å²) in [5, 5.41) is 3.08. The second-order valence-electron chi connectivity index (χ2n) is 4.32. The van der Waals surface area contributed by atoms with Gasteiger partial charge in [0, 0.05) is 6.54 Å². The van der Waals surface area contributed by atoms with Crippen molar-refractivity contribution < 1.29 is 9.53 Å². The van der Waals surface area contributed by atoms with Gasteiger partial charge in [-0.3, -0.25) is 4.79 Å². The Morgan fingerprint density at radius 1 is 1.46 bits per heavy atom. The summed E-state index contributed by atoms with van der Waals surface area (Å²) >= 11 is 0. The SMILES string of the molecule is COC(=O)CNCC(C)(C)C(C)C. The molecule has 0 saturated carbocycles. The number of nitrogens with one attached hydrogen (secondary N) is 1. The van der Waals surface area contributed by atoms with Gasteiger partial charge in [0.2, 0.25) is 0 Å². The Morgan fingerprint density at radius 3 is 2.38 bits per heavy atom. The zero-order chi connectivity index (χ0) is 10.5. The topological polar surface area (TPSA) is 38.3 Å². The molecule has 0 aliphatic carbocycles. The van der Waals surface area contributed by atoms with Crippen LogP contribution in [0.25, 0.3) is 0 Å². The molecule has 0 aromatic heterocycles. The fraction of sp³-hybridized carbons (Fsp3) is 0.900. The Kier molecular flexibility index (Phi) is 4.99. The average Bonchev–Trinajstić information content (AvgIpc) is 2.03. The summed E-state index contributed by atoms with van der Waals surface area (Å²) in [7, 11) is 1.40. The van der Waals surface area contributed by atoms with Gasteiger partial charge in [-0.2, -0.15) is 0 Å². The number of esters is 1. The maximum absolute atomic E-state index is 10.8. The summed E-state index contributed by atoms with van der Waals surface area (Å²) in [6.45, 7) is 9.86. The van der Waals surface area contributed by atoms with E-state index in [0.717, 1.165) is 6.54 Å². The molecule has 0 saturated heterocycles. The molecule has 1 N–H and O–H groups in total. The van der Waals surface area contributed by atoms with Gasteiger partial charge in [-0.05, 0) is 11.3 Å². The van der Waals surface area contributed by atoms with Crippen LogP contribution in [0.1, 0.15) is 27.7 Å². The van der Waals surface area contributed by atoms with Crippen LogP contribution in [0.2, 0.25) is 0 Å². The van der Waals surface area contributed by atoms with E-state index in [-0.39, 0.29) is 11.4 Å². The van der Waals surface area contributed by atoms with E-state index in [1.807, 2.05) is 0 Å². The van der Waals surface area contributed by atoms with Gasteiger partial charge in [0.05, 0.1) is 13.7 Å². The molecule has 0 spiro atoms. The molecule has 0 unspecified atom stereocenters. The van der Waals surface area contributed by atoms with Crippen molar-refractivity contribution in [3.63, 3.8) is 0 Å². The van der Waals surface area contributed by atoms with Crippen molar-refractivity contribution in [2.24, 2.45) is 11.3 Å². The van der Waals surface area contributed by atoms with Crippen LogP contribution in [0, 0.1) is 11.3 Å². The fourth-order valence-electron chi connectivity index (χ4n) is 0.763. The van der Waals surface area contributed by atoms with Crippen molar-refractivity contribution in [2.45, 2.75) is 27.7 Å². The molecule has 0 fully saturated rings. The third-order valence-corrected chi connectivity index (χ3v) is 2.64. The first-order valence-electron chi connectivity index (χ1n) is 4.67. The van der Waals surface area contributed by atoms with E-state index in [2.05, 4.69) is 37.7 Å². The van der Waals surface area contributed by atoms with Gasteiger partial charge in [-0.1, -0.05) is 27.7 Å². The van der Waals surface area contributed by atoms with Crippen LogP contribution in [0.4, 0.5) is 0 Å². The maximum atomic E-state index is 10.8. The van der Waals surface area contributed by atoms with E-state index in [1.165, 1.54) is 7.11 Å². The van der Waals surface area contributed by atoms with Gasteiger partial charge in [-0.25, -0.2) is 0 Å². The molecule has 0 radical (unpaired) electrons. The second kappa shape index (κ2) is 5.22. The van der Waals surface area contributed by atoms with Gasteiger partial charge in [0.15, 0.2) is 0 Å². The highest BCUT2D eigenvalue weighted by Crippen LogP contribution is 2.24. The molecule has 0 amide bonds. The molecule has 3 nitrogen and oxygen atoms in total. The molecule has 0 aliphatic heterocycles. The Bertz CT molecular complexity index is 164. The number of ether oxygens (including phenoxy) is 1. The van der Waals surface area contributed by atoms with E-state index in [4.69, 9.17) is 0 Å². The quantitative estimate of drug-likeness (QED) is 0.662. The fourth-order valence-corrected chi connectivity index (χ4v) is 0.763. The molecule has 0 atom stereocenters. The van der Waals surface area contributed by atoms with Crippen molar-refractivity contribution >= 4 is 5.97 Å². The maximum Gasteiger partial charge on any atom is 0.319 e. The van der Waals surface area contributed by atoms with Crippen molar-refractivity contribution in [3.8, 4) is 0 Å². The highest BCUT2D eigenvalue weighted by Gasteiger charge is 2.21. The number of carbonyl (C=O) groups excluding carboxylic acids is 1. The molecular weight excluding hydrogens is 166 g/mol. The predicted molar refractivity (Wildman–Crippen MR) is 53.5 cm³/mol. The number of rotatable bonds is 5. The first kappa shape index (κ1) is 12.4. The van der Waals surface area contributed by atoms with E-state index < -0.39 is 0 Å². The van der Waals surface area contributed by atoms with Gasteiger partial charge >= 0.3 is 5.97 Å². The molecule has 0 heterocycles. The van der Waals surface area contributed by atoms with Gasteiger partial charge in [0.25, 0.3) is 0 Å². The van der Waals surface area contributed by atoms with E-state index in [9.17, 15) is 4.79 Å². The highest BCUT2D eigenvalue weighted by molar-refractivity contribution is 5.71. The Balaban J connectivity index is 3.70. The normalized spacial score (nSPS) is 11.8. The minimum absolute atomic E-state index is 0.209. The molecule has 13 heavy (non-hydrogen) atoms. The summed E-state index contributed by atoms with van der Waals surface area (Å²) < 4.78 is 4.52. The number of hydrogen-bond donors (Lipinski definition) is 1. The Hall–Kier alpha value is -0.570. The summed E-state index contributed by atoms with van der Waals surface area (Å²) in [5.41, 5.74) is 0.216. The molecule has 3 heteroatoms. The third-order valence-electron chi connectivity index (χ3n) is 2.64. The first-order valence-corrected chi connectivity index (χ1v) is 4.67. The largest absolute Gasteiger partial charge is 0.468 e. The summed E-state index contributed by atoms with van der Waals surface area (Å²) in [5.74, 6) is 0.386. The van der Waals surface area contributed by atoms with Crippen LogP contribution >= 0.6 is 0 Å². The first-order chi connectivity index (χ1) is 5.90. The van der Waals surface area contributed by atoms with Crippen LogP contribution in [-0.4, -0.2) is 26.2 Å². The van der Waals surface area contributed by atoms with Crippen LogP contribution in [0.3, 0.4) is 0 Å². The minimum atomic E-state index is -0.209. The van der Waals surface area contributed by atoms with Gasteiger partial charge in [-0.15, -0.1) is 0 Å². The van der Waals surface area contributed by atoms with Crippen LogP contribution < -0.4 is 5.32 Å². The lowest BCUT2D eigenvalue weighted by atomic mass is 9.81. The van der Waals surface area contributed by atoms with Crippen LogP contribution in [0.5, 0.6) is 0 Å².